The number of hydrogen-bond acceptors (Lipinski definition) is 5. The Bertz CT molecular complexity index is 787. The van der Waals surface area contributed by atoms with Gasteiger partial charge in [-0.15, -0.1) is 0 Å². The molecule has 1 N–H and O–H groups in total. The predicted octanol–water partition coefficient (Wildman–Crippen LogP) is 3.49. The summed E-state index contributed by atoms with van der Waals surface area (Å²) in [4.78, 5) is 17.7. The molecule has 6 heteroatoms. The van der Waals surface area contributed by atoms with Gasteiger partial charge in [0, 0.05) is 45.0 Å². The summed E-state index contributed by atoms with van der Waals surface area (Å²) in [7, 11) is 0. The van der Waals surface area contributed by atoms with Crippen LogP contribution in [0.5, 0.6) is 5.75 Å². The van der Waals surface area contributed by atoms with Crippen molar-refractivity contribution in [3.8, 4) is 5.75 Å². The van der Waals surface area contributed by atoms with Crippen molar-refractivity contribution in [3.63, 3.8) is 0 Å². The number of para-hydroxylation sites is 1. The molecule has 0 saturated carbocycles. The van der Waals surface area contributed by atoms with Gasteiger partial charge in [-0.2, -0.15) is 0 Å². The van der Waals surface area contributed by atoms with Crippen LogP contribution in [0.2, 0.25) is 0 Å². The largest absolute Gasteiger partial charge is 0.490 e. The van der Waals surface area contributed by atoms with Crippen molar-refractivity contribution in [2.75, 3.05) is 57.9 Å². The topological polar surface area (TPSA) is 54.0 Å². The molecule has 1 fully saturated rings. The number of carbonyl (C=O) groups excluding carboxylic acids is 1. The van der Waals surface area contributed by atoms with Crippen LogP contribution in [0.3, 0.4) is 0 Å². The van der Waals surface area contributed by atoms with Gasteiger partial charge in [-0.1, -0.05) is 31.2 Å². The van der Waals surface area contributed by atoms with E-state index in [0.717, 1.165) is 45.0 Å². The van der Waals surface area contributed by atoms with Gasteiger partial charge < -0.3 is 19.7 Å². The van der Waals surface area contributed by atoms with E-state index in [9.17, 15) is 4.79 Å². The molecule has 2 aromatic carbocycles. The normalized spacial score (nSPS) is 15.1. The summed E-state index contributed by atoms with van der Waals surface area (Å²) in [5.41, 5.74) is 2.56. The molecule has 0 unspecified atom stereocenters. The van der Waals surface area contributed by atoms with Crippen molar-refractivity contribution in [3.05, 3.63) is 59.7 Å². The SMILES string of the molecule is CCOCCOc1ccccc1C(=O)Nc1ccc(CN2CCN(CC)CC2)cc1. The third kappa shape index (κ3) is 6.55. The van der Waals surface area contributed by atoms with E-state index in [4.69, 9.17) is 9.47 Å². The lowest BCUT2D eigenvalue weighted by Gasteiger charge is -2.34. The highest BCUT2D eigenvalue weighted by atomic mass is 16.5. The van der Waals surface area contributed by atoms with Crippen LogP contribution in [0, 0.1) is 0 Å². The summed E-state index contributed by atoms with van der Waals surface area (Å²) >= 11 is 0. The standard InChI is InChI=1S/C24H33N3O3/c1-3-26-13-15-27(16-14-26)19-20-9-11-21(12-10-20)25-24(28)22-7-5-6-8-23(22)30-18-17-29-4-2/h5-12H,3-4,13-19H2,1-2H3,(H,25,28). The van der Waals surface area contributed by atoms with Crippen LogP contribution in [0.1, 0.15) is 29.8 Å². The van der Waals surface area contributed by atoms with Crippen LogP contribution >= 0.6 is 0 Å². The molecule has 1 aliphatic rings. The molecular formula is C24H33N3O3. The number of likely N-dealkylation sites (N-methyl/N-ethyl adjacent to an activating group) is 1. The Labute approximate surface area is 179 Å². The minimum Gasteiger partial charge on any atom is -0.490 e. The van der Waals surface area contributed by atoms with Gasteiger partial charge in [-0.3, -0.25) is 9.69 Å². The number of anilines is 1. The highest BCUT2D eigenvalue weighted by Gasteiger charge is 2.16. The number of nitrogens with one attached hydrogen (secondary N) is 1. The Morgan fingerprint density at radius 1 is 0.933 bits per heavy atom. The zero-order valence-corrected chi connectivity index (χ0v) is 18.1. The van der Waals surface area contributed by atoms with Crippen LogP contribution in [-0.2, 0) is 11.3 Å². The molecule has 0 aromatic heterocycles. The zero-order valence-electron chi connectivity index (χ0n) is 18.1. The second-order valence-electron chi connectivity index (χ2n) is 7.40. The maximum absolute atomic E-state index is 12.7. The molecule has 0 aliphatic carbocycles. The van der Waals surface area contributed by atoms with Crippen molar-refractivity contribution in [2.45, 2.75) is 20.4 Å². The van der Waals surface area contributed by atoms with E-state index in [1.165, 1.54) is 5.56 Å². The monoisotopic (exact) mass is 411 g/mol. The van der Waals surface area contributed by atoms with Gasteiger partial charge in [-0.25, -0.2) is 0 Å². The Morgan fingerprint density at radius 3 is 2.33 bits per heavy atom. The molecule has 6 nitrogen and oxygen atoms in total. The van der Waals surface area contributed by atoms with Crippen molar-refractivity contribution < 1.29 is 14.3 Å². The summed E-state index contributed by atoms with van der Waals surface area (Å²) in [5.74, 6) is 0.392. The molecule has 1 heterocycles. The van der Waals surface area contributed by atoms with E-state index < -0.39 is 0 Å². The Balaban J connectivity index is 1.53. The molecule has 1 saturated heterocycles. The number of hydrogen-bond donors (Lipinski definition) is 1. The summed E-state index contributed by atoms with van der Waals surface area (Å²) in [5, 5.41) is 2.97. The van der Waals surface area contributed by atoms with Crippen molar-refractivity contribution >= 4 is 11.6 Å². The number of carbonyl (C=O) groups is 1. The maximum Gasteiger partial charge on any atom is 0.259 e. The highest BCUT2D eigenvalue weighted by molar-refractivity contribution is 6.06. The van der Waals surface area contributed by atoms with Gasteiger partial charge in [0.15, 0.2) is 0 Å². The number of benzene rings is 2. The minimum atomic E-state index is -0.176. The number of piperazine rings is 1. The highest BCUT2D eigenvalue weighted by Crippen LogP contribution is 2.20. The summed E-state index contributed by atoms with van der Waals surface area (Å²) in [6.07, 6.45) is 0. The Kier molecular flexibility index (Phi) is 8.68. The summed E-state index contributed by atoms with van der Waals surface area (Å²) in [6.45, 7) is 12.3. The van der Waals surface area contributed by atoms with Gasteiger partial charge in [0.05, 0.1) is 12.2 Å². The van der Waals surface area contributed by atoms with Crippen LogP contribution < -0.4 is 10.1 Å². The third-order valence-corrected chi connectivity index (χ3v) is 5.35. The van der Waals surface area contributed by atoms with E-state index in [1.54, 1.807) is 6.07 Å². The van der Waals surface area contributed by atoms with Crippen LogP contribution in [-0.4, -0.2) is 68.3 Å². The fourth-order valence-corrected chi connectivity index (χ4v) is 3.55. The number of ether oxygens (including phenoxy) is 2. The lowest BCUT2D eigenvalue weighted by Crippen LogP contribution is -2.45. The molecule has 0 bridgehead atoms. The molecule has 1 aliphatic heterocycles. The fraction of sp³-hybridized carbons (Fsp3) is 0.458. The minimum absolute atomic E-state index is 0.176. The fourth-order valence-electron chi connectivity index (χ4n) is 3.55. The molecule has 162 valence electrons. The van der Waals surface area contributed by atoms with Crippen LogP contribution in [0.25, 0.3) is 0 Å². The van der Waals surface area contributed by atoms with E-state index in [-0.39, 0.29) is 5.91 Å². The van der Waals surface area contributed by atoms with Crippen molar-refractivity contribution in [1.29, 1.82) is 0 Å². The average Bonchev–Trinajstić information content (AvgIpc) is 2.79. The molecular weight excluding hydrogens is 378 g/mol. The van der Waals surface area contributed by atoms with E-state index in [0.29, 0.717) is 31.1 Å². The third-order valence-electron chi connectivity index (χ3n) is 5.35. The summed E-state index contributed by atoms with van der Waals surface area (Å²) in [6, 6.07) is 15.4. The Morgan fingerprint density at radius 2 is 1.63 bits per heavy atom. The smallest absolute Gasteiger partial charge is 0.259 e. The maximum atomic E-state index is 12.7. The lowest BCUT2D eigenvalue weighted by atomic mass is 10.1. The molecule has 0 spiro atoms. The zero-order chi connectivity index (χ0) is 21.2. The van der Waals surface area contributed by atoms with Crippen LogP contribution in [0.15, 0.2) is 48.5 Å². The number of amides is 1. The molecule has 30 heavy (non-hydrogen) atoms. The van der Waals surface area contributed by atoms with E-state index in [1.807, 2.05) is 37.3 Å². The number of rotatable bonds is 10. The van der Waals surface area contributed by atoms with Gasteiger partial charge >= 0.3 is 0 Å². The second kappa shape index (κ2) is 11.7. The molecule has 0 atom stereocenters. The molecule has 0 radical (unpaired) electrons. The van der Waals surface area contributed by atoms with Gasteiger partial charge in [-0.05, 0) is 43.3 Å². The first kappa shape index (κ1) is 22.3. The quantitative estimate of drug-likeness (QED) is 0.607. The predicted molar refractivity (Wildman–Crippen MR) is 120 cm³/mol. The van der Waals surface area contributed by atoms with Crippen molar-refractivity contribution in [2.24, 2.45) is 0 Å². The second-order valence-corrected chi connectivity index (χ2v) is 7.40. The summed E-state index contributed by atoms with van der Waals surface area (Å²) < 4.78 is 11.0. The van der Waals surface area contributed by atoms with E-state index >= 15 is 0 Å². The first-order chi connectivity index (χ1) is 14.7. The van der Waals surface area contributed by atoms with Crippen LogP contribution in [0.4, 0.5) is 5.69 Å². The first-order valence-electron chi connectivity index (χ1n) is 10.8. The molecule has 1 amide bonds. The number of nitrogens with zero attached hydrogens (tertiary/aromatic N) is 2. The van der Waals surface area contributed by atoms with Gasteiger partial charge in [0.25, 0.3) is 5.91 Å². The first-order valence-corrected chi connectivity index (χ1v) is 10.8. The van der Waals surface area contributed by atoms with Crippen molar-refractivity contribution in [1.82, 2.24) is 9.80 Å². The Hall–Kier alpha value is -2.41. The van der Waals surface area contributed by atoms with Gasteiger partial charge in [0.1, 0.15) is 12.4 Å². The molecule has 2 aromatic rings. The van der Waals surface area contributed by atoms with E-state index in [2.05, 4.69) is 34.2 Å². The average molecular weight is 412 g/mol. The van der Waals surface area contributed by atoms with Gasteiger partial charge in [0.2, 0.25) is 0 Å². The lowest BCUT2D eigenvalue weighted by molar-refractivity contribution is 0.0998. The molecule has 3 rings (SSSR count).